The topological polar surface area (TPSA) is 49.8 Å². The van der Waals surface area contributed by atoms with Gasteiger partial charge in [0.05, 0.1) is 5.70 Å². The lowest BCUT2D eigenvalue weighted by Crippen LogP contribution is -2.20. The van der Waals surface area contributed by atoms with Gasteiger partial charge in [0.15, 0.2) is 11.0 Å². The molecule has 0 unspecified atom stereocenters. The number of halogens is 1. The van der Waals surface area contributed by atoms with E-state index in [4.69, 9.17) is 11.6 Å². The first kappa shape index (κ1) is 12.4. The zero-order valence-corrected chi connectivity index (χ0v) is 10.7. The summed E-state index contributed by atoms with van der Waals surface area (Å²) in [7, 11) is 0. The molecule has 0 aliphatic carbocycles. The normalized spacial score (nSPS) is 9.89. The van der Waals surface area contributed by atoms with E-state index in [-0.39, 0.29) is 0 Å². The van der Waals surface area contributed by atoms with Crippen molar-refractivity contribution in [1.82, 2.24) is 15.6 Å². The molecular formula is C13H13ClN4. The average Bonchev–Trinajstić information content (AvgIpc) is 2.38. The number of hydrogen-bond acceptors (Lipinski definition) is 4. The summed E-state index contributed by atoms with van der Waals surface area (Å²) in [4.78, 5) is 0. The molecule has 18 heavy (non-hydrogen) atoms. The molecule has 0 saturated heterocycles. The molecule has 2 aromatic rings. The summed E-state index contributed by atoms with van der Waals surface area (Å²) in [5, 5.41) is 7.96. The van der Waals surface area contributed by atoms with Crippen molar-refractivity contribution in [2.24, 2.45) is 0 Å². The van der Waals surface area contributed by atoms with Gasteiger partial charge in [0.2, 0.25) is 0 Å². The van der Waals surface area contributed by atoms with Crippen molar-refractivity contribution in [2.45, 2.75) is 6.92 Å². The van der Waals surface area contributed by atoms with Crippen molar-refractivity contribution < 1.29 is 0 Å². The Morgan fingerprint density at radius 2 is 1.94 bits per heavy atom. The van der Waals surface area contributed by atoms with E-state index in [1.165, 1.54) is 0 Å². The first-order chi connectivity index (χ1) is 8.66. The van der Waals surface area contributed by atoms with Crippen molar-refractivity contribution in [3.05, 3.63) is 59.3 Å². The molecule has 4 nitrogen and oxygen atoms in total. The van der Waals surface area contributed by atoms with Crippen molar-refractivity contribution in [3.8, 4) is 0 Å². The van der Waals surface area contributed by atoms with Crippen LogP contribution in [0.2, 0.25) is 5.15 Å². The zero-order valence-electron chi connectivity index (χ0n) is 9.94. The van der Waals surface area contributed by atoms with Gasteiger partial charge in [0.1, 0.15) is 0 Å². The fourth-order valence-electron chi connectivity index (χ4n) is 1.50. The number of aryl methyl sites for hydroxylation is 1. The van der Waals surface area contributed by atoms with Gasteiger partial charge in [0, 0.05) is 5.56 Å². The summed E-state index contributed by atoms with van der Waals surface area (Å²) in [6.07, 6.45) is 0. The van der Waals surface area contributed by atoms with Crippen LogP contribution in [0.25, 0.3) is 5.70 Å². The summed E-state index contributed by atoms with van der Waals surface area (Å²) in [6.45, 7) is 6.00. The number of anilines is 1. The van der Waals surface area contributed by atoms with Crippen LogP contribution in [0.3, 0.4) is 0 Å². The molecular weight excluding hydrogens is 248 g/mol. The zero-order chi connectivity index (χ0) is 13.0. The van der Waals surface area contributed by atoms with E-state index in [1.807, 2.05) is 31.2 Å². The second kappa shape index (κ2) is 5.51. The Hall–Kier alpha value is -2.07. The maximum absolute atomic E-state index is 5.65. The van der Waals surface area contributed by atoms with E-state index < -0.39 is 0 Å². The van der Waals surface area contributed by atoms with Crippen molar-refractivity contribution in [1.29, 1.82) is 0 Å². The van der Waals surface area contributed by atoms with E-state index in [2.05, 4.69) is 27.6 Å². The molecule has 0 saturated carbocycles. The molecule has 0 bridgehead atoms. The summed E-state index contributed by atoms with van der Waals surface area (Å²) in [6, 6.07) is 11.4. The molecule has 0 amide bonds. The number of rotatable bonds is 4. The molecule has 0 aliphatic rings. The van der Waals surface area contributed by atoms with Gasteiger partial charge in [-0.15, -0.1) is 10.2 Å². The molecule has 1 heterocycles. The van der Waals surface area contributed by atoms with E-state index in [9.17, 15) is 0 Å². The van der Waals surface area contributed by atoms with Gasteiger partial charge in [-0.3, -0.25) is 10.9 Å². The average molecular weight is 261 g/mol. The Kier molecular flexibility index (Phi) is 3.79. The summed E-state index contributed by atoms with van der Waals surface area (Å²) < 4.78 is 0. The summed E-state index contributed by atoms with van der Waals surface area (Å²) >= 11 is 5.65. The van der Waals surface area contributed by atoms with Crippen LogP contribution in [0, 0.1) is 6.92 Å². The third-order valence-corrected chi connectivity index (χ3v) is 2.65. The van der Waals surface area contributed by atoms with E-state index in [0.29, 0.717) is 11.0 Å². The Morgan fingerprint density at radius 1 is 1.17 bits per heavy atom. The number of hydrogen-bond donors (Lipinski definition) is 2. The summed E-state index contributed by atoms with van der Waals surface area (Å²) in [5.74, 6) is 0.578. The van der Waals surface area contributed by atoms with E-state index in [1.54, 1.807) is 12.1 Å². The Labute approximate surface area is 111 Å². The highest BCUT2D eigenvalue weighted by molar-refractivity contribution is 6.29. The van der Waals surface area contributed by atoms with Crippen LogP contribution < -0.4 is 10.9 Å². The second-order valence-electron chi connectivity index (χ2n) is 3.78. The lowest BCUT2D eigenvalue weighted by atomic mass is 10.1. The number of nitrogens with zero attached hydrogens (tertiary/aromatic N) is 2. The third-order valence-electron chi connectivity index (χ3n) is 2.44. The largest absolute Gasteiger partial charge is 0.300 e. The quantitative estimate of drug-likeness (QED) is 0.830. The van der Waals surface area contributed by atoms with Gasteiger partial charge in [0.25, 0.3) is 0 Å². The highest BCUT2D eigenvalue weighted by Crippen LogP contribution is 2.14. The molecule has 0 aliphatic heterocycles. The molecule has 2 rings (SSSR count). The Morgan fingerprint density at radius 3 is 2.61 bits per heavy atom. The van der Waals surface area contributed by atoms with Crippen LogP contribution in [-0.4, -0.2) is 10.2 Å². The molecule has 0 radical (unpaired) electrons. The van der Waals surface area contributed by atoms with Gasteiger partial charge >= 0.3 is 0 Å². The minimum absolute atomic E-state index is 0.360. The molecule has 1 aromatic heterocycles. The molecule has 5 heteroatoms. The minimum atomic E-state index is 0.360. The van der Waals surface area contributed by atoms with Crippen LogP contribution >= 0.6 is 11.6 Å². The number of nitrogens with one attached hydrogen (secondary N) is 2. The first-order valence-corrected chi connectivity index (χ1v) is 5.81. The fourth-order valence-corrected chi connectivity index (χ4v) is 1.60. The smallest absolute Gasteiger partial charge is 0.167 e. The highest BCUT2D eigenvalue weighted by Gasteiger charge is 2.01. The minimum Gasteiger partial charge on any atom is -0.300 e. The number of hydrazine groups is 1. The molecule has 1 aromatic carbocycles. The van der Waals surface area contributed by atoms with Crippen LogP contribution in [-0.2, 0) is 0 Å². The Bertz CT molecular complexity index is 551. The molecule has 0 atom stereocenters. The molecule has 0 spiro atoms. The predicted molar refractivity (Wildman–Crippen MR) is 74.0 cm³/mol. The number of aromatic nitrogens is 2. The van der Waals surface area contributed by atoms with Gasteiger partial charge in [-0.25, -0.2) is 0 Å². The Balaban J connectivity index is 2.01. The molecule has 92 valence electrons. The third kappa shape index (κ3) is 2.99. The lowest BCUT2D eigenvalue weighted by Gasteiger charge is -2.13. The van der Waals surface area contributed by atoms with Crippen LogP contribution in [0.4, 0.5) is 5.82 Å². The van der Waals surface area contributed by atoms with Gasteiger partial charge in [-0.2, -0.15) is 0 Å². The van der Waals surface area contributed by atoms with Gasteiger partial charge < -0.3 is 0 Å². The van der Waals surface area contributed by atoms with Gasteiger partial charge in [-0.1, -0.05) is 42.4 Å². The second-order valence-corrected chi connectivity index (χ2v) is 4.17. The first-order valence-electron chi connectivity index (χ1n) is 5.43. The maximum atomic E-state index is 5.65. The van der Waals surface area contributed by atoms with Crippen LogP contribution in [0.1, 0.15) is 11.1 Å². The van der Waals surface area contributed by atoms with Crippen LogP contribution in [0.5, 0.6) is 0 Å². The van der Waals surface area contributed by atoms with E-state index in [0.717, 1.165) is 16.8 Å². The monoisotopic (exact) mass is 260 g/mol. The SMILES string of the molecule is C=C(NNc1ccc(Cl)nn1)c1ccccc1C. The maximum Gasteiger partial charge on any atom is 0.167 e. The van der Waals surface area contributed by atoms with Crippen molar-refractivity contribution >= 4 is 23.1 Å². The molecule has 0 fully saturated rings. The molecule has 2 N–H and O–H groups in total. The van der Waals surface area contributed by atoms with Crippen LogP contribution in [0.15, 0.2) is 43.0 Å². The van der Waals surface area contributed by atoms with E-state index >= 15 is 0 Å². The standard InChI is InChI=1S/C13H13ClN4/c1-9-5-3-4-6-11(9)10(2)15-17-13-8-7-12(14)16-18-13/h3-8,15H,2H2,1H3,(H,17,18). The highest BCUT2D eigenvalue weighted by atomic mass is 35.5. The number of benzene rings is 1. The van der Waals surface area contributed by atoms with Crippen molar-refractivity contribution in [2.75, 3.05) is 5.43 Å². The predicted octanol–water partition coefficient (Wildman–Crippen LogP) is 3.03. The van der Waals surface area contributed by atoms with Crippen molar-refractivity contribution in [3.63, 3.8) is 0 Å². The fraction of sp³-hybridized carbons (Fsp3) is 0.0769. The summed E-state index contributed by atoms with van der Waals surface area (Å²) in [5.41, 5.74) is 8.87. The lowest BCUT2D eigenvalue weighted by molar-refractivity contribution is 0.976. The van der Waals surface area contributed by atoms with Gasteiger partial charge in [-0.05, 0) is 24.6 Å².